The molecule has 0 spiro atoms. The fourth-order valence-corrected chi connectivity index (χ4v) is 1.99. The maximum Gasteiger partial charge on any atom is 0.433 e. The Labute approximate surface area is 113 Å². The molecule has 0 aliphatic carbocycles. The van der Waals surface area contributed by atoms with Crippen LogP contribution in [0.3, 0.4) is 0 Å². The molecule has 0 aliphatic rings. The zero-order chi connectivity index (χ0) is 14.2. The highest BCUT2D eigenvalue weighted by atomic mass is 35.5. The monoisotopic (exact) mass is 289 g/mol. The molecular formula is C12H11ClF3N3. The van der Waals surface area contributed by atoms with Gasteiger partial charge in [0.1, 0.15) is 11.4 Å². The van der Waals surface area contributed by atoms with Gasteiger partial charge in [0.15, 0.2) is 0 Å². The van der Waals surface area contributed by atoms with Crippen molar-refractivity contribution in [3.05, 3.63) is 34.6 Å². The molecule has 2 aromatic heterocycles. The molecule has 0 saturated carbocycles. The second kappa shape index (κ2) is 4.85. The molecule has 0 amide bonds. The number of rotatable bonds is 2. The Hall–Kier alpha value is -1.56. The van der Waals surface area contributed by atoms with Crippen LogP contribution in [-0.2, 0) is 12.7 Å². The van der Waals surface area contributed by atoms with E-state index in [0.29, 0.717) is 23.0 Å². The van der Waals surface area contributed by atoms with Crippen molar-refractivity contribution in [3.8, 4) is 11.4 Å². The van der Waals surface area contributed by atoms with Crippen LogP contribution < -0.4 is 0 Å². The lowest BCUT2D eigenvalue weighted by atomic mass is 10.2. The van der Waals surface area contributed by atoms with Crippen LogP contribution in [0.25, 0.3) is 11.4 Å². The smallest absolute Gasteiger partial charge is 0.262 e. The van der Waals surface area contributed by atoms with Crippen LogP contribution in [-0.4, -0.2) is 14.8 Å². The van der Waals surface area contributed by atoms with E-state index >= 15 is 0 Å². The summed E-state index contributed by atoms with van der Waals surface area (Å²) in [6, 6.07) is 3.73. The Balaban J connectivity index is 2.60. The van der Waals surface area contributed by atoms with Crippen LogP contribution in [0.2, 0.25) is 5.02 Å². The van der Waals surface area contributed by atoms with E-state index in [1.54, 1.807) is 11.6 Å². The van der Waals surface area contributed by atoms with Crippen molar-refractivity contribution in [1.29, 1.82) is 0 Å². The molecule has 0 unspecified atom stereocenters. The van der Waals surface area contributed by atoms with Gasteiger partial charge in [-0.1, -0.05) is 17.7 Å². The predicted octanol–water partition coefficient (Wildman–Crippen LogP) is 3.95. The van der Waals surface area contributed by atoms with Gasteiger partial charge in [0.2, 0.25) is 0 Å². The molecule has 2 heterocycles. The summed E-state index contributed by atoms with van der Waals surface area (Å²) in [5.74, 6) is 0. The first kappa shape index (κ1) is 13.9. The Kier molecular flexibility index (Phi) is 3.54. The van der Waals surface area contributed by atoms with Gasteiger partial charge in [0, 0.05) is 6.54 Å². The quantitative estimate of drug-likeness (QED) is 0.838. The van der Waals surface area contributed by atoms with Gasteiger partial charge >= 0.3 is 6.18 Å². The Morgan fingerprint density at radius 3 is 2.58 bits per heavy atom. The first-order valence-corrected chi connectivity index (χ1v) is 6.00. The lowest BCUT2D eigenvalue weighted by molar-refractivity contribution is -0.141. The average Bonchev–Trinajstić information content (AvgIpc) is 2.64. The van der Waals surface area contributed by atoms with Crippen LogP contribution in [0, 0.1) is 6.92 Å². The molecule has 3 nitrogen and oxygen atoms in total. The fourth-order valence-electron chi connectivity index (χ4n) is 1.76. The van der Waals surface area contributed by atoms with Gasteiger partial charge in [-0.15, -0.1) is 0 Å². The summed E-state index contributed by atoms with van der Waals surface area (Å²) < 4.78 is 39.5. The normalized spacial score (nSPS) is 11.9. The van der Waals surface area contributed by atoms with Crippen molar-refractivity contribution in [1.82, 2.24) is 14.8 Å². The molecule has 7 heteroatoms. The molecule has 0 bridgehead atoms. The fraction of sp³-hybridized carbons (Fsp3) is 0.333. The minimum atomic E-state index is -4.48. The number of alkyl halides is 3. The van der Waals surface area contributed by atoms with E-state index in [0.717, 1.165) is 6.07 Å². The molecule has 2 aromatic rings. The molecule has 0 aliphatic heterocycles. The van der Waals surface area contributed by atoms with Crippen molar-refractivity contribution < 1.29 is 13.2 Å². The van der Waals surface area contributed by atoms with Gasteiger partial charge in [-0.3, -0.25) is 4.68 Å². The largest absolute Gasteiger partial charge is 0.433 e. The minimum Gasteiger partial charge on any atom is -0.262 e. The lowest BCUT2D eigenvalue weighted by Crippen LogP contribution is -2.09. The number of aromatic nitrogens is 3. The topological polar surface area (TPSA) is 30.7 Å². The molecule has 0 atom stereocenters. The van der Waals surface area contributed by atoms with E-state index in [2.05, 4.69) is 10.1 Å². The molecule has 0 saturated heterocycles. The van der Waals surface area contributed by atoms with E-state index in [9.17, 15) is 13.2 Å². The highest BCUT2D eigenvalue weighted by molar-refractivity contribution is 6.33. The molecular weight excluding hydrogens is 279 g/mol. The van der Waals surface area contributed by atoms with E-state index in [1.807, 2.05) is 6.92 Å². The van der Waals surface area contributed by atoms with E-state index in [4.69, 9.17) is 11.6 Å². The summed E-state index contributed by atoms with van der Waals surface area (Å²) in [6.45, 7) is 4.03. The third-order valence-corrected chi connectivity index (χ3v) is 3.09. The Morgan fingerprint density at radius 1 is 1.32 bits per heavy atom. The molecule has 0 fully saturated rings. The second-order valence-electron chi connectivity index (χ2n) is 3.97. The zero-order valence-electron chi connectivity index (χ0n) is 10.3. The van der Waals surface area contributed by atoms with E-state index in [-0.39, 0.29) is 5.69 Å². The summed E-state index contributed by atoms with van der Waals surface area (Å²) in [5.41, 5.74) is 0.204. The van der Waals surface area contributed by atoms with Crippen molar-refractivity contribution in [2.45, 2.75) is 26.6 Å². The Bertz CT molecular complexity index is 605. The lowest BCUT2D eigenvalue weighted by Gasteiger charge is -2.09. The molecule has 0 N–H and O–H groups in total. The van der Waals surface area contributed by atoms with Gasteiger partial charge in [-0.05, 0) is 26.0 Å². The molecule has 19 heavy (non-hydrogen) atoms. The predicted molar refractivity (Wildman–Crippen MR) is 65.9 cm³/mol. The first-order chi connectivity index (χ1) is 8.84. The molecule has 0 radical (unpaired) electrons. The van der Waals surface area contributed by atoms with Gasteiger partial charge in [0.05, 0.1) is 16.4 Å². The van der Waals surface area contributed by atoms with Crippen molar-refractivity contribution in [2.24, 2.45) is 0 Å². The third kappa shape index (κ3) is 2.58. The van der Waals surface area contributed by atoms with Crippen molar-refractivity contribution in [2.75, 3.05) is 0 Å². The maximum absolute atomic E-state index is 12.7. The van der Waals surface area contributed by atoms with Crippen LogP contribution in [0.1, 0.15) is 18.3 Å². The standard InChI is InChI=1S/C12H11ClF3N3/c1-3-19-11(10(13)7(2)18-19)8-5-4-6-9(17-8)12(14,15)16/h4-6H,3H2,1-2H3. The number of aryl methyl sites for hydroxylation is 2. The van der Waals surface area contributed by atoms with E-state index in [1.165, 1.54) is 12.1 Å². The van der Waals surface area contributed by atoms with Crippen LogP contribution in [0.5, 0.6) is 0 Å². The highest BCUT2D eigenvalue weighted by Crippen LogP contribution is 2.32. The van der Waals surface area contributed by atoms with Gasteiger partial charge in [-0.2, -0.15) is 18.3 Å². The van der Waals surface area contributed by atoms with Gasteiger partial charge in [0.25, 0.3) is 0 Å². The number of hydrogen-bond acceptors (Lipinski definition) is 2. The summed E-state index contributed by atoms with van der Waals surface area (Å²) in [6.07, 6.45) is -4.48. The Morgan fingerprint density at radius 2 is 2.00 bits per heavy atom. The molecule has 2 rings (SSSR count). The molecule has 102 valence electrons. The first-order valence-electron chi connectivity index (χ1n) is 5.62. The number of halogens is 4. The SMILES string of the molecule is CCn1nc(C)c(Cl)c1-c1cccc(C(F)(F)F)n1. The van der Waals surface area contributed by atoms with Crippen LogP contribution in [0.4, 0.5) is 13.2 Å². The van der Waals surface area contributed by atoms with Crippen molar-refractivity contribution >= 4 is 11.6 Å². The maximum atomic E-state index is 12.7. The zero-order valence-corrected chi connectivity index (χ0v) is 11.0. The van der Waals surface area contributed by atoms with E-state index < -0.39 is 11.9 Å². The van der Waals surface area contributed by atoms with Gasteiger partial charge < -0.3 is 0 Å². The number of pyridine rings is 1. The average molecular weight is 290 g/mol. The van der Waals surface area contributed by atoms with Gasteiger partial charge in [-0.25, -0.2) is 4.98 Å². The number of hydrogen-bond donors (Lipinski definition) is 0. The second-order valence-corrected chi connectivity index (χ2v) is 4.35. The highest BCUT2D eigenvalue weighted by Gasteiger charge is 2.33. The summed E-state index contributed by atoms with van der Waals surface area (Å²) >= 11 is 6.09. The van der Waals surface area contributed by atoms with Crippen LogP contribution >= 0.6 is 11.6 Å². The minimum absolute atomic E-state index is 0.169. The number of nitrogens with zero attached hydrogens (tertiary/aromatic N) is 3. The summed E-state index contributed by atoms with van der Waals surface area (Å²) in [5, 5.41) is 4.49. The third-order valence-electron chi connectivity index (χ3n) is 2.64. The van der Waals surface area contributed by atoms with Crippen LogP contribution in [0.15, 0.2) is 18.2 Å². The summed E-state index contributed by atoms with van der Waals surface area (Å²) in [7, 11) is 0. The molecule has 0 aromatic carbocycles. The van der Waals surface area contributed by atoms with Crippen molar-refractivity contribution in [3.63, 3.8) is 0 Å². The summed E-state index contributed by atoms with van der Waals surface area (Å²) in [4.78, 5) is 3.63.